The molecule has 1 fully saturated rings. The maximum absolute atomic E-state index is 12.0. The molecule has 1 aromatic heterocycles. The van der Waals surface area contributed by atoms with E-state index in [1.54, 1.807) is 6.92 Å². The number of nitrogens with one attached hydrogen (secondary N) is 1. The number of carbonyl (C=O) groups is 1. The summed E-state index contributed by atoms with van der Waals surface area (Å²) >= 11 is 1.51. The summed E-state index contributed by atoms with van der Waals surface area (Å²) in [4.78, 5) is 17.2. The van der Waals surface area contributed by atoms with E-state index in [4.69, 9.17) is 5.11 Å². The normalized spacial score (nSPS) is 17.9. The molecule has 18 heavy (non-hydrogen) atoms. The summed E-state index contributed by atoms with van der Waals surface area (Å²) in [7, 11) is 0. The molecule has 0 aromatic carbocycles. The minimum atomic E-state index is -0.214. The van der Waals surface area contributed by atoms with Gasteiger partial charge in [-0.3, -0.25) is 4.79 Å². The topological polar surface area (TPSA) is 62.2 Å². The van der Waals surface area contributed by atoms with Crippen LogP contribution >= 0.6 is 11.3 Å². The van der Waals surface area contributed by atoms with Crippen molar-refractivity contribution in [2.45, 2.75) is 51.5 Å². The summed E-state index contributed by atoms with van der Waals surface area (Å²) < 4.78 is 0. The molecule has 0 saturated heterocycles. The smallest absolute Gasteiger partial charge is 0.263 e. The molecule has 5 heteroatoms. The zero-order chi connectivity index (χ0) is 13.1. The Hall–Kier alpha value is -0.940. The summed E-state index contributed by atoms with van der Waals surface area (Å²) in [6.07, 6.45) is 4.93. The van der Waals surface area contributed by atoms with Crippen LogP contribution in [0.4, 0.5) is 0 Å². The van der Waals surface area contributed by atoms with Gasteiger partial charge in [-0.25, -0.2) is 4.98 Å². The van der Waals surface area contributed by atoms with Gasteiger partial charge in [0.15, 0.2) is 0 Å². The Morgan fingerprint density at radius 3 is 2.83 bits per heavy atom. The summed E-state index contributed by atoms with van der Waals surface area (Å²) in [5.41, 5.74) is 0.810. The number of rotatable bonds is 4. The molecule has 1 saturated carbocycles. The molecule has 1 aliphatic rings. The molecule has 2 rings (SSSR count). The quantitative estimate of drug-likeness (QED) is 0.880. The first-order chi connectivity index (χ1) is 8.61. The van der Waals surface area contributed by atoms with Gasteiger partial charge in [-0.15, -0.1) is 11.3 Å². The SMILES string of the molecule is Cc1nc(C2CCCC2)sc1C(=O)NC(C)CO. The Morgan fingerprint density at radius 1 is 1.56 bits per heavy atom. The molecule has 1 atom stereocenters. The molecule has 1 aromatic rings. The fraction of sp³-hybridized carbons (Fsp3) is 0.692. The van der Waals surface area contributed by atoms with Crippen LogP contribution in [0.15, 0.2) is 0 Å². The van der Waals surface area contributed by atoms with E-state index in [2.05, 4.69) is 10.3 Å². The van der Waals surface area contributed by atoms with Crippen LogP contribution in [0.1, 0.15) is 58.9 Å². The van der Waals surface area contributed by atoms with E-state index >= 15 is 0 Å². The maximum Gasteiger partial charge on any atom is 0.263 e. The Balaban J connectivity index is 2.10. The van der Waals surface area contributed by atoms with Crippen molar-refractivity contribution < 1.29 is 9.90 Å². The van der Waals surface area contributed by atoms with Crippen LogP contribution in [-0.2, 0) is 0 Å². The maximum atomic E-state index is 12.0. The Labute approximate surface area is 111 Å². The Bertz CT molecular complexity index is 425. The molecule has 1 aliphatic carbocycles. The molecular weight excluding hydrogens is 248 g/mol. The van der Waals surface area contributed by atoms with Crippen molar-refractivity contribution in [3.05, 3.63) is 15.6 Å². The van der Waals surface area contributed by atoms with Gasteiger partial charge in [0.2, 0.25) is 0 Å². The number of aliphatic hydroxyl groups is 1. The predicted octanol–water partition coefficient (Wildman–Crippen LogP) is 2.22. The highest BCUT2D eigenvalue weighted by atomic mass is 32.1. The predicted molar refractivity (Wildman–Crippen MR) is 72.1 cm³/mol. The second-order valence-corrected chi connectivity index (χ2v) is 6.04. The van der Waals surface area contributed by atoms with Crippen molar-refractivity contribution in [3.8, 4) is 0 Å². The number of hydrogen-bond donors (Lipinski definition) is 2. The van der Waals surface area contributed by atoms with Crippen LogP contribution < -0.4 is 5.32 Å². The monoisotopic (exact) mass is 268 g/mol. The molecule has 4 nitrogen and oxygen atoms in total. The first kappa shape index (κ1) is 13.5. The third-order valence-electron chi connectivity index (χ3n) is 3.38. The van der Waals surface area contributed by atoms with Gasteiger partial charge in [0.25, 0.3) is 5.91 Å². The van der Waals surface area contributed by atoms with E-state index < -0.39 is 0 Å². The van der Waals surface area contributed by atoms with Crippen LogP contribution in [-0.4, -0.2) is 28.6 Å². The minimum Gasteiger partial charge on any atom is -0.394 e. The summed E-state index contributed by atoms with van der Waals surface area (Å²) in [5.74, 6) is 0.432. The number of aliphatic hydroxyl groups excluding tert-OH is 1. The number of carbonyl (C=O) groups excluding carboxylic acids is 1. The van der Waals surface area contributed by atoms with Crippen molar-refractivity contribution in [2.75, 3.05) is 6.61 Å². The molecule has 0 bridgehead atoms. The lowest BCUT2D eigenvalue weighted by Gasteiger charge is -2.09. The molecule has 0 aliphatic heterocycles. The van der Waals surface area contributed by atoms with Gasteiger partial charge < -0.3 is 10.4 Å². The van der Waals surface area contributed by atoms with Gasteiger partial charge >= 0.3 is 0 Å². The molecule has 1 amide bonds. The van der Waals surface area contributed by atoms with E-state index in [9.17, 15) is 4.79 Å². The van der Waals surface area contributed by atoms with Gasteiger partial charge in [-0.2, -0.15) is 0 Å². The van der Waals surface area contributed by atoms with E-state index in [0.717, 1.165) is 10.7 Å². The number of amides is 1. The highest BCUT2D eigenvalue weighted by Gasteiger charge is 2.24. The summed E-state index contributed by atoms with van der Waals surface area (Å²) in [6, 6.07) is -0.214. The van der Waals surface area contributed by atoms with Crippen LogP contribution in [0, 0.1) is 6.92 Å². The second-order valence-electron chi connectivity index (χ2n) is 5.01. The van der Waals surface area contributed by atoms with E-state index in [0.29, 0.717) is 10.8 Å². The van der Waals surface area contributed by atoms with Gasteiger partial charge in [0.1, 0.15) is 4.88 Å². The van der Waals surface area contributed by atoms with Crippen LogP contribution in [0.3, 0.4) is 0 Å². The largest absolute Gasteiger partial charge is 0.394 e. The van der Waals surface area contributed by atoms with Gasteiger partial charge in [-0.05, 0) is 26.7 Å². The fourth-order valence-electron chi connectivity index (χ4n) is 2.31. The highest BCUT2D eigenvalue weighted by molar-refractivity contribution is 7.13. The first-order valence-corrected chi connectivity index (χ1v) is 7.32. The first-order valence-electron chi connectivity index (χ1n) is 6.51. The van der Waals surface area contributed by atoms with Crippen LogP contribution in [0.5, 0.6) is 0 Å². The number of thiazole rings is 1. The van der Waals surface area contributed by atoms with Crippen molar-refractivity contribution in [3.63, 3.8) is 0 Å². The standard InChI is InChI=1S/C13H20N2O2S/c1-8(7-16)14-12(17)11-9(2)15-13(18-11)10-5-3-4-6-10/h8,10,16H,3-7H2,1-2H3,(H,14,17). The fourth-order valence-corrected chi connectivity index (χ4v) is 3.45. The number of hydrogen-bond acceptors (Lipinski definition) is 4. The van der Waals surface area contributed by atoms with Gasteiger partial charge in [0, 0.05) is 12.0 Å². The van der Waals surface area contributed by atoms with Crippen molar-refractivity contribution in [2.24, 2.45) is 0 Å². The number of nitrogens with zero attached hydrogens (tertiary/aromatic N) is 1. The third-order valence-corrected chi connectivity index (χ3v) is 4.69. The lowest BCUT2D eigenvalue weighted by molar-refractivity contribution is 0.0925. The molecule has 0 radical (unpaired) electrons. The average Bonchev–Trinajstić information content (AvgIpc) is 2.97. The van der Waals surface area contributed by atoms with Crippen molar-refractivity contribution >= 4 is 17.2 Å². The highest BCUT2D eigenvalue weighted by Crippen LogP contribution is 2.37. The molecule has 1 heterocycles. The van der Waals surface area contributed by atoms with Gasteiger partial charge in [0.05, 0.1) is 17.3 Å². The van der Waals surface area contributed by atoms with Crippen LogP contribution in [0.25, 0.3) is 0 Å². The van der Waals surface area contributed by atoms with Crippen molar-refractivity contribution in [1.29, 1.82) is 0 Å². The van der Waals surface area contributed by atoms with E-state index in [1.165, 1.54) is 37.0 Å². The molecule has 100 valence electrons. The Morgan fingerprint density at radius 2 is 2.22 bits per heavy atom. The van der Waals surface area contributed by atoms with E-state index in [-0.39, 0.29) is 18.6 Å². The lowest BCUT2D eigenvalue weighted by Crippen LogP contribution is -2.34. The Kier molecular flexibility index (Phi) is 4.35. The molecule has 2 N–H and O–H groups in total. The molecule has 1 unspecified atom stereocenters. The minimum absolute atomic E-state index is 0.0426. The van der Waals surface area contributed by atoms with Gasteiger partial charge in [-0.1, -0.05) is 12.8 Å². The number of aromatic nitrogens is 1. The average molecular weight is 268 g/mol. The van der Waals surface area contributed by atoms with E-state index in [1.807, 2.05) is 6.92 Å². The summed E-state index contributed by atoms with van der Waals surface area (Å²) in [6.45, 7) is 3.62. The molecular formula is C13H20N2O2S. The number of aryl methyl sites for hydroxylation is 1. The third kappa shape index (κ3) is 2.90. The lowest BCUT2D eigenvalue weighted by atomic mass is 10.1. The molecule has 0 spiro atoms. The second kappa shape index (κ2) is 5.80. The van der Waals surface area contributed by atoms with Crippen LogP contribution in [0.2, 0.25) is 0 Å². The zero-order valence-corrected chi connectivity index (χ0v) is 11.7. The van der Waals surface area contributed by atoms with Crippen molar-refractivity contribution in [1.82, 2.24) is 10.3 Å². The zero-order valence-electron chi connectivity index (χ0n) is 10.9. The summed E-state index contributed by atoms with van der Waals surface area (Å²) in [5, 5.41) is 12.8.